The van der Waals surface area contributed by atoms with Crippen LogP contribution in [0.15, 0.2) is 12.1 Å². The summed E-state index contributed by atoms with van der Waals surface area (Å²) >= 11 is 9.28. The van der Waals surface area contributed by atoms with Crippen molar-refractivity contribution < 1.29 is 13.5 Å². The summed E-state index contributed by atoms with van der Waals surface area (Å²) in [6, 6.07) is 4.64. The molecule has 1 aromatic carbocycles. The van der Waals surface area contributed by atoms with Crippen LogP contribution in [0.5, 0.6) is 5.75 Å². The second-order valence-electron chi connectivity index (χ2n) is 2.86. The number of halogens is 2. The Morgan fingerprint density at radius 1 is 1.47 bits per heavy atom. The maximum absolute atomic E-state index is 10.4. The van der Waals surface area contributed by atoms with E-state index in [-0.39, 0.29) is 34.5 Å². The van der Waals surface area contributed by atoms with Crippen LogP contribution in [0.4, 0.5) is 5.69 Å². The first kappa shape index (κ1) is 14.1. The average molecular weight is 294 g/mol. The number of hydrogen-bond donors (Lipinski definition) is 1. The lowest BCUT2D eigenvalue weighted by molar-refractivity contribution is 0.327. The van der Waals surface area contributed by atoms with Crippen LogP contribution in [0.3, 0.4) is 0 Å². The van der Waals surface area contributed by atoms with E-state index in [9.17, 15) is 8.76 Å². The molecule has 5 nitrogen and oxygen atoms in total. The molecule has 0 bridgehead atoms. The summed E-state index contributed by atoms with van der Waals surface area (Å²) in [5.74, 6) is 0.228. The molecule has 0 saturated carbocycles. The summed E-state index contributed by atoms with van der Waals surface area (Å²) in [5, 5.41) is 8.69. The Balaban J connectivity index is 2.87. The lowest BCUT2D eigenvalue weighted by Crippen LogP contribution is -2.03. The van der Waals surface area contributed by atoms with Gasteiger partial charge in [-0.1, -0.05) is 23.2 Å². The zero-order valence-corrected chi connectivity index (χ0v) is 10.7. The van der Waals surface area contributed by atoms with Crippen molar-refractivity contribution in [3.05, 3.63) is 22.2 Å². The molecule has 0 spiro atoms. The molecular formula is C9H7Cl2N2O3S-. The first-order chi connectivity index (χ1) is 8.04. The normalized spacial score (nSPS) is 11.6. The van der Waals surface area contributed by atoms with Gasteiger partial charge in [0.1, 0.15) is 6.61 Å². The number of rotatable bonds is 5. The Hall–Kier alpha value is -1.00. The van der Waals surface area contributed by atoms with Gasteiger partial charge in [0.25, 0.3) is 0 Å². The van der Waals surface area contributed by atoms with Crippen molar-refractivity contribution in [2.45, 2.75) is 6.42 Å². The Labute approximate surface area is 111 Å². The quantitative estimate of drug-likeness (QED) is 0.667. The van der Waals surface area contributed by atoms with E-state index in [0.29, 0.717) is 0 Å². The third kappa shape index (κ3) is 4.40. The second kappa shape index (κ2) is 6.67. The number of nitriles is 1. The highest BCUT2D eigenvalue weighted by molar-refractivity contribution is 7.80. The van der Waals surface area contributed by atoms with E-state index >= 15 is 0 Å². The molecule has 8 heteroatoms. The third-order valence-electron chi connectivity index (χ3n) is 1.66. The Bertz CT molecular complexity index is 453. The number of anilines is 1. The summed E-state index contributed by atoms with van der Waals surface area (Å²) in [5.41, 5.74) is 0.237. The van der Waals surface area contributed by atoms with E-state index in [2.05, 4.69) is 4.72 Å². The minimum absolute atomic E-state index is 0.163. The molecule has 92 valence electrons. The van der Waals surface area contributed by atoms with Crippen LogP contribution >= 0.6 is 23.2 Å². The molecule has 0 heterocycles. The number of nitrogens with one attached hydrogen (secondary N) is 1. The second-order valence-corrected chi connectivity index (χ2v) is 4.35. The molecule has 0 radical (unpaired) electrons. The molecule has 0 fully saturated rings. The smallest absolute Gasteiger partial charge is 0.156 e. The van der Waals surface area contributed by atoms with Crippen molar-refractivity contribution in [1.82, 2.24) is 0 Å². The van der Waals surface area contributed by atoms with Crippen molar-refractivity contribution in [3.63, 3.8) is 0 Å². The molecule has 1 N–H and O–H groups in total. The standard InChI is InChI=1S/C9H8Cl2N2O3S/c10-7-4-6(13-17(14)15)5-8(11)9(7)16-3-1-2-12/h4-5,13H,1,3H2,(H,14,15)/p-1. The summed E-state index contributed by atoms with van der Waals surface area (Å²) in [4.78, 5) is 0. The Morgan fingerprint density at radius 2 is 2.06 bits per heavy atom. The molecule has 0 aliphatic carbocycles. The van der Waals surface area contributed by atoms with Gasteiger partial charge in [-0.25, -0.2) is 0 Å². The molecule has 0 amide bonds. The SMILES string of the molecule is N#CCCOc1c(Cl)cc(NS(=O)[O-])cc1Cl. The van der Waals surface area contributed by atoms with Gasteiger partial charge >= 0.3 is 0 Å². The summed E-state index contributed by atoms with van der Waals surface area (Å²) in [6.45, 7) is 0.163. The van der Waals surface area contributed by atoms with Crippen LogP contribution in [-0.4, -0.2) is 15.4 Å². The van der Waals surface area contributed by atoms with Crippen molar-refractivity contribution in [1.29, 1.82) is 5.26 Å². The van der Waals surface area contributed by atoms with Crippen molar-refractivity contribution >= 4 is 40.2 Å². The van der Waals surface area contributed by atoms with Gasteiger partial charge in [-0.2, -0.15) is 5.26 Å². The molecule has 0 saturated heterocycles. The number of benzene rings is 1. The highest BCUT2D eigenvalue weighted by Gasteiger charge is 2.09. The van der Waals surface area contributed by atoms with Gasteiger partial charge in [-0.3, -0.25) is 4.21 Å². The van der Waals surface area contributed by atoms with Crippen LogP contribution in [-0.2, 0) is 11.3 Å². The van der Waals surface area contributed by atoms with Crippen molar-refractivity contribution in [2.24, 2.45) is 0 Å². The predicted molar refractivity (Wildman–Crippen MR) is 64.7 cm³/mol. The lowest BCUT2D eigenvalue weighted by Gasteiger charge is -2.13. The van der Waals surface area contributed by atoms with Gasteiger partial charge in [0.15, 0.2) is 5.75 Å². The van der Waals surface area contributed by atoms with E-state index in [4.69, 9.17) is 33.2 Å². The molecule has 0 aromatic heterocycles. The van der Waals surface area contributed by atoms with E-state index in [1.807, 2.05) is 6.07 Å². The van der Waals surface area contributed by atoms with E-state index in [1.165, 1.54) is 12.1 Å². The van der Waals surface area contributed by atoms with E-state index in [1.54, 1.807) is 0 Å². The highest BCUT2D eigenvalue weighted by atomic mass is 35.5. The highest BCUT2D eigenvalue weighted by Crippen LogP contribution is 2.36. The average Bonchev–Trinajstić information content (AvgIpc) is 2.21. The Kier molecular flexibility index (Phi) is 5.51. The van der Waals surface area contributed by atoms with Crippen LogP contribution in [0, 0.1) is 11.3 Å². The van der Waals surface area contributed by atoms with Crippen LogP contribution in [0.2, 0.25) is 10.0 Å². The van der Waals surface area contributed by atoms with E-state index < -0.39 is 11.3 Å². The molecule has 1 aromatic rings. The fourth-order valence-corrected chi connectivity index (χ4v) is 1.96. The molecular weight excluding hydrogens is 287 g/mol. The zero-order valence-electron chi connectivity index (χ0n) is 8.41. The fraction of sp³-hybridized carbons (Fsp3) is 0.222. The molecule has 17 heavy (non-hydrogen) atoms. The number of nitrogens with zero attached hydrogens (tertiary/aromatic N) is 1. The topological polar surface area (TPSA) is 85.2 Å². The first-order valence-corrected chi connectivity index (χ1v) is 6.22. The third-order valence-corrected chi connectivity index (χ3v) is 2.62. The number of ether oxygens (including phenoxy) is 1. The van der Waals surface area contributed by atoms with E-state index in [0.717, 1.165) is 0 Å². The van der Waals surface area contributed by atoms with Crippen molar-refractivity contribution in [2.75, 3.05) is 11.3 Å². The summed E-state index contributed by atoms with van der Waals surface area (Å²) in [7, 11) is 0. The maximum atomic E-state index is 10.4. The minimum atomic E-state index is -2.45. The Morgan fingerprint density at radius 3 is 2.53 bits per heavy atom. The monoisotopic (exact) mass is 293 g/mol. The van der Waals surface area contributed by atoms with Crippen molar-refractivity contribution in [3.8, 4) is 11.8 Å². The maximum Gasteiger partial charge on any atom is 0.156 e. The van der Waals surface area contributed by atoms with Gasteiger partial charge in [0.05, 0.1) is 22.5 Å². The van der Waals surface area contributed by atoms with Gasteiger partial charge in [0.2, 0.25) is 0 Å². The van der Waals surface area contributed by atoms with Crippen LogP contribution < -0.4 is 9.46 Å². The molecule has 0 aliphatic rings. The molecule has 1 unspecified atom stereocenters. The molecule has 1 rings (SSSR count). The summed E-state index contributed by atoms with van der Waals surface area (Å²) in [6.07, 6.45) is 0.206. The van der Waals surface area contributed by atoms with Gasteiger partial charge < -0.3 is 14.0 Å². The molecule has 1 atom stereocenters. The van der Waals surface area contributed by atoms with Gasteiger partial charge in [0, 0.05) is 17.0 Å². The number of hydrogen-bond acceptors (Lipinski definition) is 4. The van der Waals surface area contributed by atoms with Gasteiger partial charge in [-0.05, 0) is 12.1 Å². The van der Waals surface area contributed by atoms with Crippen LogP contribution in [0.25, 0.3) is 0 Å². The minimum Gasteiger partial charge on any atom is -0.755 e. The van der Waals surface area contributed by atoms with Crippen LogP contribution in [0.1, 0.15) is 6.42 Å². The lowest BCUT2D eigenvalue weighted by atomic mass is 10.3. The summed E-state index contributed by atoms with van der Waals surface area (Å²) < 4.78 is 28.2. The molecule has 0 aliphatic heterocycles. The largest absolute Gasteiger partial charge is 0.755 e. The fourth-order valence-electron chi connectivity index (χ4n) is 1.05. The zero-order chi connectivity index (χ0) is 12.8. The predicted octanol–water partition coefficient (Wildman–Crippen LogP) is 2.49. The first-order valence-electron chi connectivity index (χ1n) is 4.39. The van der Waals surface area contributed by atoms with Gasteiger partial charge in [-0.15, -0.1) is 0 Å².